The molecule has 2 aromatic rings. The van der Waals surface area contributed by atoms with Crippen molar-refractivity contribution in [3.05, 3.63) is 40.8 Å². The monoisotopic (exact) mass is 189 g/mol. The molecule has 1 aromatic carbocycles. The smallest absolute Gasteiger partial charge is 0.258 e. The number of benzene rings is 1. The maximum atomic E-state index is 11.8. The summed E-state index contributed by atoms with van der Waals surface area (Å²) in [7, 11) is 0. The van der Waals surface area contributed by atoms with Crippen LogP contribution in [0.25, 0.3) is 10.8 Å². The summed E-state index contributed by atoms with van der Waals surface area (Å²) in [4.78, 5) is 11.8. The van der Waals surface area contributed by atoms with Crippen molar-refractivity contribution < 1.29 is 5.11 Å². The number of fused-ring (bicyclic) bond motifs is 1. The van der Waals surface area contributed by atoms with E-state index < -0.39 is 0 Å². The molecular formula is C11H11NO2. The lowest BCUT2D eigenvalue weighted by atomic mass is 10.1. The summed E-state index contributed by atoms with van der Waals surface area (Å²) in [6.45, 7) is 2.56. The van der Waals surface area contributed by atoms with Gasteiger partial charge >= 0.3 is 0 Å². The summed E-state index contributed by atoms with van der Waals surface area (Å²) in [5.41, 5.74) is -0.0547. The number of pyridine rings is 1. The Balaban J connectivity index is 2.91. The summed E-state index contributed by atoms with van der Waals surface area (Å²) in [6.07, 6.45) is 1.70. The second kappa shape index (κ2) is 3.18. The zero-order valence-corrected chi connectivity index (χ0v) is 7.90. The minimum absolute atomic E-state index is 0.0547. The molecule has 0 amide bonds. The standard InChI is InChI=1S/C11H11NO2/c1-2-12-7-6-8-9(11(12)14)4-3-5-10(8)13/h3-7,13H,2H2,1H3. The van der Waals surface area contributed by atoms with Crippen LogP contribution in [0.1, 0.15) is 6.92 Å². The fourth-order valence-electron chi connectivity index (χ4n) is 1.55. The quantitative estimate of drug-likeness (QED) is 0.742. The van der Waals surface area contributed by atoms with Crippen molar-refractivity contribution in [3.63, 3.8) is 0 Å². The van der Waals surface area contributed by atoms with Gasteiger partial charge in [-0.05, 0) is 25.1 Å². The molecule has 0 radical (unpaired) electrons. The fourth-order valence-corrected chi connectivity index (χ4v) is 1.55. The molecular weight excluding hydrogens is 178 g/mol. The Morgan fingerprint density at radius 3 is 2.79 bits per heavy atom. The summed E-state index contributed by atoms with van der Waals surface area (Å²) in [6, 6.07) is 6.75. The summed E-state index contributed by atoms with van der Waals surface area (Å²) >= 11 is 0. The number of aromatic hydroxyl groups is 1. The first-order valence-corrected chi connectivity index (χ1v) is 4.55. The van der Waals surface area contributed by atoms with E-state index in [1.807, 2.05) is 6.92 Å². The molecule has 0 aliphatic carbocycles. The van der Waals surface area contributed by atoms with Crippen LogP contribution in [0.2, 0.25) is 0 Å². The van der Waals surface area contributed by atoms with E-state index in [0.29, 0.717) is 17.3 Å². The minimum Gasteiger partial charge on any atom is -0.507 e. The van der Waals surface area contributed by atoms with Gasteiger partial charge in [0.15, 0.2) is 0 Å². The van der Waals surface area contributed by atoms with Crippen LogP contribution in [0.15, 0.2) is 35.3 Å². The van der Waals surface area contributed by atoms with Gasteiger partial charge in [0, 0.05) is 18.1 Å². The predicted octanol–water partition coefficient (Wildman–Crippen LogP) is 1.73. The van der Waals surface area contributed by atoms with Crippen molar-refractivity contribution in [2.45, 2.75) is 13.5 Å². The van der Waals surface area contributed by atoms with Gasteiger partial charge in [-0.2, -0.15) is 0 Å². The van der Waals surface area contributed by atoms with Gasteiger partial charge in [0.05, 0.1) is 5.39 Å². The summed E-state index contributed by atoms with van der Waals surface area (Å²) in [5.74, 6) is 0.155. The molecule has 0 aliphatic heterocycles. The molecule has 14 heavy (non-hydrogen) atoms. The molecule has 0 bridgehead atoms. The van der Waals surface area contributed by atoms with Crippen LogP contribution < -0.4 is 5.56 Å². The van der Waals surface area contributed by atoms with Crippen molar-refractivity contribution >= 4 is 10.8 Å². The molecule has 0 fully saturated rings. The molecule has 0 spiro atoms. The number of rotatable bonds is 1. The van der Waals surface area contributed by atoms with E-state index in [4.69, 9.17) is 0 Å². The third kappa shape index (κ3) is 1.18. The average molecular weight is 189 g/mol. The lowest BCUT2D eigenvalue weighted by molar-refractivity contribution is 0.481. The highest BCUT2D eigenvalue weighted by Crippen LogP contribution is 2.20. The maximum Gasteiger partial charge on any atom is 0.258 e. The van der Waals surface area contributed by atoms with Crippen molar-refractivity contribution in [2.75, 3.05) is 0 Å². The van der Waals surface area contributed by atoms with E-state index in [2.05, 4.69) is 0 Å². The second-order valence-corrected chi connectivity index (χ2v) is 3.15. The highest BCUT2D eigenvalue weighted by molar-refractivity contribution is 5.86. The van der Waals surface area contributed by atoms with Crippen LogP contribution >= 0.6 is 0 Å². The van der Waals surface area contributed by atoms with Gasteiger partial charge in [-0.15, -0.1) is 0 Å². The number of aromatic nitrogens is 1. The SMILES string of the molecule is CCn1ccc2c(O)cccc2c1=O. The Morgan fingerprint density at radius 2 is 2.07 bits per heavy atom. The third-order valence-electron chi connectivity index (χ3n) is 2.34. The van der Waals surface area contributed by atoms with E-state index >= 15 is 0 Å². The molecule has 72 valence electrons. The van der Waals surface area contributed by atoms with Gasteiger partial charge in [-0.25, -0.2) is 0 Å². The predicted molar refractivity (Wildman–Crippen MR) is 55.5 cm³/mol. The molecule has 1 N–H and O–H groups in total. The summed E-state index contributed by atoms with van der Waals surface area (Å²) < 4.78 is 1.61. The Morgan fingerprint density at radius 1 is 1.29 bits per heavy atom. The number of phenolic OH excluding ortho intramolecular Hbond substituents is 1. The lowest BCUT2D eigenvalue weighted by Gasteiger charge is -2.04. The number of aryl methyl sites for hydroxylation is 1. The normalized spacial score (nSPS) is 10.6. The highest BCUT2D eigenvalue weighted by Gasteiger charge is 2.03. The van der Waals surface area contributed by atoms with Crippen molar-refractivity contribution in [1.29, 1.82) is 0 Å². The minimum atomic E-state index is -0.0547. The van der Waals surface area contributed by atoms with Gasteiger partial charge in [-0.3, -0.25) is 4.79 Å². The molecule has 1 heterocycles. The van der Waals surface area contributed by atoms with Crippen LogP contribution in [0, 0.1) is 0 Å². The largest absolute Gasteiger partial charge is 0.507 e. The number of nitrogens with zero attached hydrogens (tertiary/aromatic N) is 1. The van der Waals surface area contributed by atoms with Crippen molar-refractivity contribution in [3.8, 4) is 5.75 Å². The van der Waals surface area contributed by atoms with E-state index in [1.54, 1.807) is 35.0 Å². The first-order valence-electron chi connectivity index (χ1n) is 4.55. The zero-order chi connectivity index (χ0) is 10.1. The molecule has 0 aliphatic rings. The van der Waals surface area contributed by atoms with Gasteiger partial charge in [0.25, 0.3) is 5.56 Å². The molecule has 0 atom stereocenters. The zero-order valence-electron chi connectivity index (χ0n) is 7.90. The summed E-state index contributed by atoms with van der Waals surface area (Å²) in [5, 5.41) is 10.7. The Labute approximate surface area is 81.2 Å². The topological polar surface area (TPSA) is 42.2 Å². The molecule has 0 saturated carbocycles. The molecule has 3 heteroatoms. The van der Waals surface area contributed by atoms with Crippen LogP contribution in [-0.4, -0.2) is 9.67 Å². The number of hydrogen-bond acceptors (Lipinski definition) is 2. The van der Waals surface area contributed by atoms with E-state index in [9.17, 15) is 9.90 Å². The van der Waals surface area contributed by atoms with Crippen LogP contribution in [-0.2, 0) is 6.54 Å². The maximum absolute atomic E-state index is 11.8. The Kier molecular flexibility index (Phi) is 2.00. The van der Waals surface area contributed by atoms with Gasteiger partial charge < -0.3 is 9.67 Å². The van der Waals surface area contributed by atoms with Crippen molar-refractivity contribution in [2.24, 2.45) is 0 Å². The number of hydrogen-bond donors (Lipinski definition) is 1. The van der Waals surface area contributed by atoms with E-state index in [1.165, 1.54) is 0 Å². The highest BCUT2D eigenvalue weighted by atomic mass is 16.3. The second-order valence-electron chi connectivity index (χ2n) is 3.15. The van der Waals surface area contributed by atoms with Crippen LogP contribution in [0.5, 0.6) is 5.75 Å². The fraction of sp³-hybridized carbons (Fsp3) is 0.182. The van der Waals surface area contributed by atoms with Crippen molar-refractivity contribution in [1.82, 2.24) is 4.57 Å². The molecule has 1 aromatic heterocycles. The molecule has 0 saturated heterocycles. The Hall–Kier alpha value is -1.77. The lowest BCUT2D eigenvalue weighted by Crippen LogP contribution is -2.17. The average Bonchev–Trinajstić information content (AvgIpc) is 2.20. The van der Waals surface area contributed by atoms with E-state index in [0.717, 1.165) is 0 Å². The van der Waals surface area contributed by atoms with E-state index in [-0.39, 0.29) is 11.3 Å². The van der Waals surface area contributed by atoms with Crippen LogP contribution in [0.3, 0.4) is 0 Å². The van der Waals surface area contributed by atoms with Crippen LogP contribution in [0.4, 0.5) is 0 Å². The molecule has 3 nitrogen and oxygen atoms in total. The first-order chi connectivity index (χ1) is 6.74. The molecule has 0 unspecified atom stereocenters. The van der Waals surface area contributed by atoms with Gasteiger partial charge in [-0.1, -0.05) is 6.07 Å². The third-order valence-corrected chi connectivity index (χ3v) is 2.34. The van der Waals surface area contributed by atoms with Gasteiger partial charge in [0.1, 0.15) is 5.75 Å². The van der Waals surface area contributed by atoms with Gasteiger partial charge in [0.2, 0.25) is 0 Å². The number of phenols is 1. The Bertz CT molecular complexity index is 528. The molecule has 2 rings (SSSR count). The first kappa shape index (κ1) is 8.81.